The van der Waals surface area contributed by atoms with Gasteiger partial charge in [0.2, 0.25) is 0 Å². The highest BCUT2D eigenvalue weighted by molar-refractivity contribution is 7.99. The van der Waals surface area contributed by atoms with E-state index in [2.05, 4.69) is 5.32 Å². The molecular formula is C10H10ClNO2S. The second-order valence-electron chi connectivity index (χ2n) is 3.19. The van der Waals surface area contributed by atoms with Crippen molar-refractivity contribution in [2.45, 2.75) is 17.9 Å². The number of rotatable bonds is 2. The maximum Gasteiger partial charge on any atom is 0.257 e. The van der Waals surface area contributed by atoms with Crippen LogP contribution in [0.4, 0.5) is 5.69 Å². The van der Waals surface area contributed by atoms with Gasteiger partial charge in [-0.15, -0.1) is 11.8 Å². The molecule has 0 radical (unpaired) electrons. The molecule has 2 N–H and O–H groups in total. The first kappa shape index (κ1) is 10.8. The molecule has 1 aliphatic heterocycles. The Balaban J connectivity index is 2.44. The fourth-order valence-electron chi connectivity index (χ4n) is 1.51. The number of aliphatic hydroxyl groups is 1. The Labute approximate surface area is 96.8 Å². The van der Waals surface area contributed by atoms with Crippen LogP contribution in [0.25, 0.3) is 0 Å². The molecule has 0 fully saturated rings. The first-order chi connectivity index (χ1) is 7.13. The van der Waals surface area contributed by atoms with Crippen LogP contribution < -0.4 is 5.32 Å². The summed E-state index contributed by atoms with van der Waals surface area (Å²) in [7, 11) is 0. The fraction of sp³-hybridized carbons (Fsp3) is 0.300. The summed E-state index contributed by atoms with van der Waals surface area (Å²) >= 11 is 7.63. The smallest absolute Gasteiger partial charge is 0.257 e. The largest absolute Gasteiger partial charge is 0.378 e. The van der Waals surface area contributed by atoms with Gasteiger partial charge in [0.15, 0.2) is 6.10 Å². The van der Waals surface area contributed by atoms with Crippen molar-refractivity contribution in [2.75, 3.05) is 11.1 Å². The van der Waals surface area contributed by atoms with Gasteiger partial charge in [0.25, 0.3) is 5.91 Å². The summed E-state index contributed by atoms with van der Waals surface area (Å²) in [5.74, 6) is 0.523. The number of carbonyl (C=O) groups excluding carboxylic acids is 1. The van der Waals surface area contributed by atoms with Crippen LogP contribution in [0.2, 0.25) is 5.02 Å². The van der Waals surface area contributed by atoms with Crippen molar-refractivity contribution in [3.8, 4) is 0 Å². The van der Waals surface area contributed by atoms with Crippen LogP contribution in [-0.2, 0) is 4.79 Å². The summed E-state index contributed by atoms with van der Waals surface area (Å²) in [5.41, 5.74) is 1.22. The van der Waals surface area contributed by atoms with E-state index < -0.39 is 6.10 Å². The lowest BCUT2D eigenvalue weighted by molar-refractivity contribution is -0.123. The van der Waals surface area contributed by atoms with Gasteiger partial charge in [-0.25, -0.2) is 0 Å². The molecule has 0 saturated carbocycles. The molecule has 3 nitrogen and oxygen atoms in total. The summed E-state index contributed by atoms with van der Waals surface area (Å²) in [6.07, 6.45) is -1.09. The number of aliphatic hydroxyl groups excluding tert-OH is 1. The Kier molecular flexibility index (Phi) is 2.91. The zero-order valence-corrected chi connectivity index (χ0v) is 9.65. The highest BCUT2D eigenvalue weighted by Gasteiger charge is 2.29. The average molecular weight is 244 g/mol. The number of anilines is 1. The molecule has 1 aliphatic rings. The van der Waals surface area contributed by atoms with E-state index in [1.54, 1.807) is 23.9 Å². The molecule has 1 amide bonds. The molecule has 2 rings (SSSR count). The predicted octanol–water partition coefficient (Wildman–Crippen LogP) is 2.44. The van der Waals surface area contributed by atoms with Crippen molar-refractivity contribution >= 4 is 35.0 Å². The lowest BCUT2D eigenvalue weighted by Crippen LogP contribution is -2.10. The lowest BCUT2D eigenvalue weighted by Gasteiger charge is -2.06. The normalized spacial score (nSPS) is 18.9. The maximum absolute atomic E-state index is 11.2. The zero-order chi connectivity index (χ0) is 11.0. The summed E-state index contributed by atoms with van der Waals surface area (Å²) in [4.78, 5) is 12.1. The van der Waals surface area contributed by atoms with Gasteiger partial charge in [-0.1, -0.05) is 18.5 Å². The SMILES string of the molecule is CCSc1cc2c(cc1Cl)C(O)C(=O)N2. The highest BCUT2D eigenvalue weighted by Crippen LogP contribution is 2.38. The Hall–Kier alpha value is -0.710. The molecule has 0 saturated heterocycles. The molecular weight excluding hydrogens is 234 g/mol. The van der Waals surface area contributed by atoms with Gasteiger partial charge < -0.3 is 10.4 Å². The number of hydrogen-bond acceptors (Lipinski definition) is 3. The number of hydrogen-bond donors (Lipinski definition) is 2. The molecule has 1 aromatic carbocycles. The van der Waals surface area contributed by atoms with E-state index in [1.165, 1.54) is 0 Å². The quantitative estimate of drug-likeness (QED) is 0.785. The van der Waals surface area contributed by atoms with Crippen molar-refractivity contribution in [1.29, 1.82) is 0 Å². The number of thioether (sulfide) groups is 1. The molecule has 1 atom stereocenters. The second kappa shape index (κ2) is 4.04. The first-order valence-electron chi connectivity index (χ1n) is 4.58. The Morgan fingerprint density at radius 2 is 2.33 bits per heavy atom. The average Bonchev–Trinajstić information content (AvgIpc) is 2.46. The second-order valence-corrected chi connectivity index (χ2v) is 4.91. The lowest BCUT2D eigenvalue weighted by atomic mass is 10.1. The van der Waals surface area contributed by atoms with Crippen molar-refractivity contribution in [2.24, 2.45) is 0 Å². The number of amides is 1. The van der Waals surface area contributed by atoms with E-state index in [4.69, 9.17) is 11.6 Å². The number of carbonyl (C=O) groups is 1. The Bertz CT molecular complexity index is 422. The van der Waals surface area contributed by atoms with Crippen LogP contribution in [0.5, 0.6) is 0 Å². The zero-order valence-electron chi connectivity index (χ0n) is 8.08. The number of halogens is 1. The van der Waals surface area contributed by atoms with E-state index in [-0.39, 0.29) is 5.91 Å². The van der Waals surface area contributed by atoms with Gasteiger partial charge in [0.05, 0.1) is 5.02 Å². The molecule has 0 aliphatic carbocycles. The van der Waals surface area contributed by atoms with Gasteiger partial charge in [0.1, 0.15) is 0 Å². The third kappa shape index (κ3) is 1.85. The summed E-state index contributed by atoms with van der Waals surface area (Å²) in [6.45, 7) is 2.03. The minimum atomic E-state index is -1.09. The molecule has 1 aromatic rings. The maximum atomic E-state index is 11.2. The number of fused-ring (bicyclic) bond motifs is 1. The van der Waals surface area contributed by atoms with E-state index in [0.717, 1.165) is 10.6 Å². The van der Waals surface area contributed by atoms with Gasteiger partial charge in [-0.2, -0.15) is 0 Å². The first-order valence-corrected chi connectivity index (χ1v) is 5.95. The monoisotopic (exact) mass is 243 g/mol. The van der Waals surface area contributed by atoms with E-state index in [9.17, 15) is 9.90 Å². The molecule has 0 aromatic heterocycles. The van der Waals surface area contributed by atoms with Crippen molar-refractivity contribution < 1.29 is 9.90 Å². The minimum Gasteiger partial charge on any atom is -0.378 e. The van der Waals surface area contributed by atoms with Crippen molar-refractivity contribution in [3.63, 3.8) is 0 Å². The van der Waals surface area contributed by atoms with Gasteiger partial charge in [0, 0.05) is 16.1 Å². The van der Waals surface area contributed by atoms with E-state index in [1.807, 2.05) is 6.92 Å². The Morgan fingerprint density at radius 3 is 3.00 bits per heavy atom. The molecule has 5 heteroatoms. The molecule has 0 spiro atoms. The molecule has 0 bridgehead atoms. The molecule has 1 unspecified atom stereocenters. The number of nitrogens with one attached hydrogen (secondary N) is 1. The fourth-order valence-corrected chi connectivity index (χ4v) is 2.56. The highest BCUT2D eigenvalue weighted by atomic mass is 35.5. The molecule has 15 heavy (non-hydrogen) atoms. The third-order valence-corrected chi connectivity index (χ3v) is 3.57. The van der Waals surface area contributed by atoms with Crippen LogP contribution in [0.15, 0.2) is 17.0 Å². The standard InChI is InChI=1S/C10H10ClNO2S/c1-2-15-8-4-7-5(3-6(8)11)9(13)10(14)12-7/h3-4,9,13H,2H2,1H3,(H,12,14). The third-order valence-electron chi connectivity index (χ3n) is 2.20. The van der Waals surface area contributed by atoms with Gasteiger partial charge in [-0.05, 0) is 17.9 Å². The van der Waals surface area contributed by atoms with Crippen LogP contribution in [0, 0.1) is 0 Å². The van der Waals surface area contributed by atoms with Crippen molar-refractivity contribution in [1.82, 2.24) is 0 Å². The predicted molar refractivity (Wildman–Crippen MR) is 61.4 cm³/mol. The summed E-state index contributed by atoms with van der Waals surface area (Å²) in [6, 6.07) is 3.46. The topological polar surface area (TPSA) is 49.3 Å². The number of benzene rings is 1. The summed E-state index contributed by atoms with van der Waals surface area (Å²) in [5, 5.41) is 12.7. The van der Waals surface area contributed by atoms with Crippen molar-refractivity contribution in [3.05, 3.63) is 22.7 Å². The van der Waals surface area contributed by atoms with Crippen LogP contribution in [0.1, 0.15) is 18.6 Å². The Morgan fingerprint density at radius 1 is 1.60 bits per heavy atom. The van der Waals surface area contributed by atoms with E-state index in [0.29, 0.717) is 16.3 Å². The summed E-state index contributed by atoms with van der Waals surface area (Å²) < 4.78 is 0. The van der Waals surface area contributed by atoms with E-state index >= 15 is 0 Å². The molecule has 80 valence electrons. The molecule has 1 heterocycles. The van der Waals surface area contributed by atoms with Crippen LogP contribution >= 0.6 is 23.4 Å². The van der Waals surface area contributed by atoms with Gasteiger partial charge in [-0.3, -0.25) is 4.79 Å². The van der Waals surface area contributed by atoms with Gasteiger partial charge >= 0.3 is 0 Å². The van der Waals surface area contributed by atoms with Crippen LogP contribution in [0.3, 0.4) is 0 Å². The minimum absolute atomic E-state index is 0.389. The van der Waals surface area contributed by atoms with Crippen LogP contribution in [-0.4, -0.2) is 16.8 Å².